The summed E-state index contributed by atoms with van der Waals surface area (Å²) in [5, 5.41) is 9.07. The van der Waals surface area contributed by atoms with Crippen LogP contribution in [0, 0.1) is 0 Å². The maximum absolute atomic E-state index is 11.1. The van der Waals surface area contributed by atoms with Gasteiger partial charge in [0.15, 0.2) is 5.76 Å². The highest BCUT2D eigenvalue weighted by Crippen LogP contribution is 2.38. The lowest BCUT2D eigenvalue weighted by molar-refractivity contribution is 0.0702. The van der Waals surface area contributed by atoms with Gasteiger partial charge >= 0.3 is 5.97 Å². The van der Waals surface area contributed by atoms with Crippen LogP contribution in [-0.2, 0) is 11.3 Å². The second kappa shape index (κ2) is 6.06. The Labute approximate surface area is 137 Å². The van der Waals surface area contributed by atoms with Crippen LogP contribution in [0.2, 0.25) is 0 Å². The van der Waals surface area contributed by atoms with Gasteiger partial charge in [0.25, 0.3) is 0 Å². The van der Waals surface area contributed by atoms with Crippen molar-refractivity contribution < 1.29 is 19.5 Å². The number of carboxylic acid groups (broad SMARTS) is 1. The molecule has 1 aliphatic rings. The second-order valence-electron chi connectivity index (χ2n) is 5.46. The van der Waals surface area contributed by atoms with Gasteiger partial charge in [-0.15, -0.1) is 11.3 Å². The van der Waals surface area contributed by atoms with Gasteiger partial charge in [-0.25, -0.2) is 4.79 Å². The van der Waals surface area contributed by atoms with E-state index in [9.17, 15) is 4.79 Å². The fraction of sp³-hybridized carbons (Fsp3) is 0.235. The number of fused-ring (bicyclic) bond motifs is 1. The molecule has 1 aromatic heterocycles. The maximum Gasteiger partial charge on any atom is 0.345 e. The minimum absolute atomic E-state index is 0.140. The van der Waals surface area contributed by atoms with Gasteiger partial charge < -0.3 is 14.7 Å². The Balaban J connectivity index is 2.08. The highest BCUT2D eigenvalue weighted by Gasteiger charge is 2.24. The molecule has 0 aliphatic carbocycles. The molecule has 0 radical (unpaired) electrons. The summed E-state index contributed by atoms with van der Waals surface area (Å²) in [5.41, 5.74) is 3.00. The Bertz CT molecular complexity index is 794. The molecule has 0 bridgehead atoms. The molecule has 5 nitrogen and oxygen atoms in total. The summed E-state index contributed by atoms with van der Waals surface area (Å²) in [7, 11) is 0. The van der Waals surface area contributed by atoms with Crippen molar-refractivity contribution in [1.29, 1.82) is 0 Å². The van der Waals surface area contributed by atoms with Crippen molar-refractivity contribution in [2.24, 2.45) is 5.90 Å². The van der Waals surface area contributed by atoms with Gasteiger partial charge in [0, 0.05) is 17.6 Å². The number of hydrogen-bond donors (Lipinski definition) is 2. The van der Waals surface area contributed by atoms with E-state index in [2.05, 4.69) is 0 Å². The molecular weight excluding hydrogens is 314 g/mol. The first kappa shape index (κ1) is 15.6. The lowest BCUT2D eigenvalue weighted by atomic mass is 9.96. The second-order valence-corrected chi connectivity index (χ2v) is 6.54. The smallest absolute Gasteiger partial charge is 0.345 e. The number of benzene rings is 1. The van der Waals surface area contributed by atoms with E-state index in [0.717, 1.165) is 40.2 Å². The van der Waals surface area contributed by atoms with Gasteiger partial charge in [-0.3, -0.25) is 0 Å². The zero-order chi connectivity index (χ0) is 16.6. The van der Waals surface area contributed by atoms with E-state index in [4.69, 9.17) is 20.6 Å². The number of allylic oxidation sites excluding steroid dienone is 1. The van der Waals surface area contributed by atoms with Gasteiger partial charge in [-0.2, -0.15) is 5.90 Å². The van der Waals surface area contributed by atoms with E-state index >= 15 is 0 Å². The molecule has 1 atom stereocenters. The summed E-state index contributed by atoms with van der Waals surface area (Å²) >= 11 is 1.14. The first-order valence-corrected chi connectivity index (χ1v) is 8.03. The molecule has 120 valence electrons. The molecule has 0 saturated carbocycles. The van der Waals surface area contributed by atoms with Crippen molar-refractivity contribution in [3.63, 3.8) is 0 Å². The van der Waals surface area contributed by atoms with E-state index in [1.165, 1.54) is 0 Å². The molecule has 3 rings (SSSR count). The van der Waals surface area contributed by atoms with Gasteiger partial charge in [0.1, 0.15) is 16.7 Å². The third-order valence-corrected chi connectivity index (χ3v) is 4.93. The number of ether oxygens (including phenoxy) is 1. The fourth-order valence-electron chi connectivity index (χ4n) is 2.81. The normalized spacial score (nSPS) is 17.3. The van der Waals surface area contributed by atoms with E-state index in [1.54, 1.807) is 12.1 Å². The van der Waals surface area contributed by atoms with Crippen molar-refractivity contribution in [3.05, 3.63) is 51.2 Å². The highest BCUT2D eigenvalue weighted by atomic mass is 32.1. The summed E-state index contributed by atoms with van der Waals surface area (Å²) in [6, 6.07) is 9.14. The quantitative estimate of drug-likeness (QED) is 0.661. The summed E-state index contributed by atoms with van der Waals surface area (Å²) in [6.07, 6.45) is 0.965. The first-order valence-electron chi connectivity index (χ1n) is 7.21. The van der Waals surface area contributed by atoms with Crippen LogP contribution in [0.4, 0.5) is 0 Å². The number of nitrogens with two attached hydrogens (primary N) is 1. The Morgan fingerprint density at radius 1 is 1.35 bits per heavy atom. The van der Waals surface area contributed by atoms with Crippen LogP contribution >= 0.6 is 11.3 Å². The van der Waals surface area contributed by atoms with Crippen LogP contribution in [-0.4, -0.2) is 17.2 Å². The lowest BCUT2D eigenvalue weighted by Gasteiger charge is -2.11. The van der Waals surface area contributed by atoms with Crippen LogP contribution in [0.3, 0.4) is 0 Å². The Morgan fingerprint density at radius 2 is 2.09 bits per heavy atom. The summed E-state index contributed by atoms with van der Waals surface area (Å²) in [6.45, 7) is 3.95. The number of rotatable bonds is 4. The molecule has 0 amide bonds. The Kier molecular flexibility index (Phi) is 4.11. The molecule has 1 aliphatic heterocycles. The molecular formula is C17H17NO4S. The average Bonchev–Trinajstić information content (AvgIpc) is 3.13. The summed E-state index contributed by atoms with van der Waals surface area (Å²) in [5.74, 6) is 5.87. The molecule has 0 fully saturated rings. The molecule has 0 spiro atoms. The number of carbonyl (C=O) groups is 1. The predicted molar refractivity (Wildman–Crippen MR) is 89.3 cm³/mol. The number of thiophene rings is 1. The van der Waals surface area contributed by atoms with Crippen molar-refractivity contribution >= 4 is 28.6 Å². The largest absolute Gasteiger partial charge is 0.490 e. The Morgan fingerprint density at radius 3 is 2.74 bits per heavy atom. The number of aromatic carboxylic acids is 1. The fourth-order valence-corrected chi connectivity index (χ4v) is 3.70. The molecule has 0 saturated heterocycles. The van der Waals surface area contributed by atoms with Crippen LogP contribution < -0.4 is 10.6 Å². The van der Waals surface area contributed by atoms with Crippen molar-refractivity contribution in [2.75, 3.05) is 0 Å². The summed E-state index contributed by atoms with van der Waals surface area (Å²) < 4.78 is 5.78. The van der Waals surface area contributed by atoms with Crippen molar-refractivity contribution in [3.8, 4) is 5.75 Å². The average molecular weight is 331 g/mol. The van der Waals surface area contributed by atoms with E-state index in [1.807, 2.05) is 32.0 Å². The maximum atomic E-state index is 11.1. The highest BCUT2D eigenvalue weighted by molar-refractivity contribution is 7.15. The first-order chi connectivity index (χ1) is 11.0. The molecule has 1 aromatic carbocycles. The zero-order valence-electron chi connectivity index (χ0n) is 12.8. The van der Waals surface area contributed by atoms with Gasteiger partial charge in [0.05, 0.1) is 4.88 Å². The molecule has 3 N–H and O–H groups in total. The molecule has 6 heteroatoms. The third-order valence-electron chi connectivity index (χ3n) is 3.86. The monoisotopic (exact) mass is 331 g/mol. The zero-order valence-corrected chi connectivity index (χ0v) is 13.6. The molecule has 2 aromatic rings. The SMILES string of the molecule is C/C(=C(\ON)c1ccc(C(=O)O)s1)c1cccc2c1CC(C)O2. The van der Waals surface area contributed by atoms with E-state index in [-0.39, 0.29) is 11.0 Å². The Hall–Kier alpha value is -2.31. The van der Waals surface area contributed by atoms with Crippen molar-refractivity contribution in [2.45, 2.75) is 26.4 Å². The predicted octanol–water partition coefficient (Wildman–Crippen LogP) is 3.55. The van der Waals surface area contributed by atoms with Gasteiger partial charge in [-0.05, 0) is 37.6 Å². The molecule has 1 unspecified atom stereocenters. The van der Waals surface area contributed by atoms with Crippen LogP contribution in [0.25, 0.3) is 11.3 Å². The van der Waals surface area contributed by atoms with Gasteiger partial charge in [-0.1, -0.05) is 12.1 Å². The van der Waals surface area contributed by atoms with Gasteiger partial charge in [0.2, 0.25) is 0 Å². The van der Waals surface area contributed by atoms with Crippen LogP contribution in [0.5, 0.6) is 5.75 Å². The van der Waals surface area contributed by atoms with Crippen molar-refractivity contribution in [1.82, 2.24) is 0 Å². The minimum atomic E-state index is -0.960. The standard InChI is InChI=1S/C17H17NO4S/c1-9-8-12-11(4-3-5-13(12)21-9)10(2)16(22-18)14-6-7-15(23-14)17(19)20/h3-7,9H,8,18H2,1-2H3,(H,19,20)/b16-10+. The van der Waals surface area contributed by atoms with E-state index < -0.39 is 5.97 Å². The van der Waals surface area contributed by atoms with Crippen LogP contribution in [0.1, 0.15) is 39.5 Å². The summed E-state index contributed by atoms with van der Waals surface area (Å²) in [4.78, 5) is 17.1. The minimum Gasteiger partial charge on any atom is -0.490 e. The number of carboxylic acids is 1. The molecule has 23 heavy (non-hydrogen) atoms. The third kappa shape index (κ3) is 2.83. The van der Waals surface area contributed by atoms with E-state index in [0.29, 0.717) is 10.6 Å². The number of hydrogen-bond acceptors (Lipinski definition) is 5. The molecule has 2 heterocycles. The topological polar surface area (TPSA) is 81.8 Å². The lowest BCUT2D eigenvalue weighted by Crippen LogP contribution is -2.05. The van der Waals surface area contributed by atoms with Crippen LogP contribution in [0.15, 0.2) is 30.3 Å².